The molecule has 10 nitrogen and oxygen atoms in total. The van der Waals surface area contributed by atoms with E-state index >= 15 is 0 Å². The molecule has 33 heavy (non-hydrogen) atoms. The molecule has 0 atom stereocenters. The predicted octanol–water partition coefficient (Wildman–Crippen LogP) is 4.56. The summed E-state index contributed by atoms with van der Waals surface area (Å²) < 4.78 is 17.1. The third kappa shape index (κ3) is 4.13. The summed E-state index contributed by atoms with van der Waals surface area (Å²) in [4.78, 5) is 28.2. The number of anilines is 1. The zero-order valence-corrected chi connectivity index (χ0v) is 18.1. The normalized spacial score (nSPS) is 12.9. The first-order valence-electron chi connectivity index (χ1n) is 9.87. The van der Waals surface area contributed by atoms with Gasteiger partial charge in [0.1, 0.15) is 18.1 Å². The molecule has 3 heterocycles. The van der Waals surface area contributed by atoms with Gasteiger partial charge in [0.15, 0.2) is 17.3 Å². The summed E-state index contributed by atoms with van der Waals surface area (Å²) in [5.41, 5.74) is 2.11. The average Bonchev–Trinajstić information content (AvgIpc) is 3.46. The van der Waals surface area contributed by atoms with E-state index in [1.54, 1.807) is 18.2 Å². The van der Waals surface area contributed by atoms with Crippen molar-refractivity contribution in [3.63, 3.8) is 0 Å². The lowest BCUT2D eigenvalue weighted by molar-refractivity contribution is -0.402. The van der Waals surface area contributed by atoms with Crippen LogP contribution in [0.1, 0.15) is 21.7 Å². The molecule has 0 spiro atoms. The number of benzene rings is 2. The molecule has 0 N–H and O–H groups in total. The molecule has 1 aliphatic rings. The molecule has 0 unspecified atom stereocenters. The molecule has 1 amide bonds. The fourth-order valence-electron chi connectivity index (χ4n) is 3.22. The van der Waals surface area contributed by atoms with Crippen LogP contribution in [0.3, 0.4) is 0 Å². The fourth-order valence-corrected chi connectivity index (χ4v) is 4.24. The van der Waals surface area contributed by atoms with E-state index in [-0.39, 0.29) is 5.76 Å². The van der Waals surface area contributed by atoms with Gasteiger partial charge in [-0.25, -0.2) is 4.98 Å². The van der Waals surface area contributed by atoms with Crippen LogP contribution in [-0.2, 0) is 0 Å². The highest BCUT2D eigenvalue weighted by Gasteiger charge is 2.24. The first kappa shape index (κ1) is 20.6. The number of nitro groups is 1. The number of thiazole rings is 1. The van der Waals surface area contributed by atoms with E-state index < -0.39 is 16.7 Å². The third-order valence-electron chi connectivity index (χ3n) is 4.79. The van der Waals surface area contributed by atoms with Gasteiger partial charge in [-0.05, 0) is 48.9 Å². The van der Waals surface area contributed by atoms with Crippen LogP contribution in [0.2, 0.25) is 0 Å². The van der Waals surface area contributed by atoms with Crippen LogP contribution in [0, 0.1) is 17.0 Å². The standard InChI is InChI=1S/C22H16N4O6S/c1-13-2-5-16-19(10-13)33-22(24-16)25(23-12-15-4-7-20(32-15)26(28)29)21(27)14-3-6-17-18(11-14)31-9-8-30-17/h2-7,10-12H,8-9H2,1H3/b23-12+. The topological polar surface area (TPSA) is 120 Å². The number of aromatic nitrogens is 1. The molecule has 166 valence electrons. The Bertz CT molecular complexity index is 1410. The van der Waals surface area contributed by atoms with Gasteiger partial charge in [-0.3, -0.25) is 14.9 Å². The van der Waals surface area contributed by atoms with Gasteiger partial charge in [0, 0.05) is 5.56 Å². The van der Waals surface area contributed by atoms with E-state index in [4.69, 9.17) is 13.9 Å². The summed E-state index contributed by atoms with van der Waals surface area (Å²) in [5, 5.41) is 16.6. The van der Waals surface area contributed by atoms with E-state index in [1.165, 1.54) is 29.7 Å². The molecule has 0 saturated heterocycles. The molecule has 2 aromatic heterocycles. The van der Waals surface area contributed by atoms with Gasteiger partial charge < -0.3 is 13.9 Å². The van der Waals surface area contributed by atoms with Crippen LogP contribution in [0.4, 0.5) is 11.0 Å². The van der Waals surface area contributed by atoms with Crippen molar-refractivity contribution >= 4 is 44.7 Å². The minimum atomic E-state index is -0.647. The zero-order chi connectivity index (χ0) is 22.9. The molecule has 0 radical (unpaired) electrons. The van der Waals surface area contributed by atoms with E-state index in [9.17, 15) is 14.9 Å². The number of hydrogen-bond donors (Lipinski definition) is 0. The van der Waals surface area contributed by atoms with Gasteiger partial charge in [-0.15, -0.1) is 0 Å². The Labute approximate surface area is 190 Å². The highest BCUT2D eigenvalue weighted by atomic mass is 32.1. The van der Waals surface area contributed by atoms with Gasteiger partial charge >= 0.3 is 5.88 Å². The van der Waals surface area contributed by atoms with E-state index in [1.807, 2.05) is 25.1 Å². The monoisotopic (exact) mass is 464 g/mol. The number of hydrazone groups is 1. The summed E-state index contributed by atoms with van der Waals surface area (Å²) in [7, 11) is 0. The summed E-state index contributed by atoms with van der Waals surface area (Å²) >= 11 is 1.30. The van der Waals surface area contributed by atoms with E-state index in [0.29, 0.717) is 35.4 Å². The Kier molecular flexibility index (Phi) is 5.23. The molecular weight excluding hydrogens is 448 g/mol. The number of amides is 1. The quantitative estimate of drug-likeness (QED) is 0.241. The number of rotatable bonds is 5. The number of hydrogen-bond acceptors (Lipinski definition) is 9. The lowest BCUT2D eigenvalue weighted by atomic mass is 10.2. The highest BCUT2D eigenvalue weighted by Crippen LogP contribution is 2.34. The number of aryl methyl sites for hydroxylation is 1. The van der Waals surface area contributed by atoms with Crippen LogP contribution in [0.5, 0.6) is 11.5 Å². The minimum absolute atomic E-state index is 0.124. The summed E-state index contributed by atoms with van der Waals surface area (Å²) in [6.07, 6.45) is 1.24. The molecule has 0 bridgehead atoms. The molecule has 11 heteroatoms. The molecular formula is C22H16N4O6S. The maximum Gasteiger partial charge on any atom is 0.433 e. The number of furan rings is 1. The Morgan fingerprint density at radius 1 is 1.15 bits per heavy atom. The zero-order valence-electron chi connectivity index (χ0n) is 17.3. The van der Waals surface area contributed by atoms with Crippen molar-refractivity contribution in [2.45, 2.75) is 6.92 Å². The van der Waals surface area contributed by atoms with Crippen molar-refractivity contribution in [2.24, 2.45) is 5.10 Å². The largest absolute Gasteiger partial charge is 0.486 e. The second kappa shape index (κ2) is 8.36. The summed E-state index contributed by atoms with van der Waals surface area (Å²) in [5.74, 6) is 0.277. The van der Waals surface area contributed by atoms with Crippen LogP contribution in [-0.4, -0.2) is 35.2 Å². The van der Waals surface area contributed by atoms with Gasteiger partial charge in [-0.1, -0.05) is 17.4 Å². The number of fused-ring (bicyclic) bond motifs is 2. The average molecular weight is 464 g/mol. The van der Waals surface area contributed by atoms with Crippen molar-refractivity contribution in [1.29, 1.82) is 0 Å². The van der Waals surface area contributed by atoms with E-state index in [0.717, 1.165) is 20.8 Å². The Hall–Kier alpha value is -4.25. The first-order valence-corrected chi connectivity index (χ1v) is 10.7. The van der Waals surface area contributed by atoms with Crippen molar-refractivity contribution in [1.82, 2.24) is 4.98 Å². The Morgan fingerprint density at radius 2 is 1.97 bits per heavy atom. The molecule has 2 aromatic carbocycles. The second-order valence-electron chi connectivity index (χ2n) is 7.12. The minimum Gasteiger partial charge on any atom is -0.486 e. The molecule has 5 rings (SSSR count). The van der Waals surface area contributed by atoms with Crippen molar-refractivity contribution in [2.75, 3.05) is 18.2 Å². The predicted molar refractivity (Wildman–Crippen MR) is 122 cm³/mol. The third-order valence-corrected chi connectivity index (χ3v) is 5.78. The fraction of sp³-hybridized carbons (Fsp3) is 0.136. The SMILES string of the molecule is Cc1ccc2nc(N(/N=C/c3ccc([N+](=O)[O-])o3)C(=O)c3ccc4c(c3)OCCO4)sc2c1. The highest BCUT2D eigenvalue weighted by molar-refractivity contribution is 7.22. The van der Waals surface area contributed by atoms with Crippen molar-refractivity contribution < 1.29 is 23.6 Å². The van der Waals surface area contributed by atoms with Crippen molar-refractivity contribution in [3.8, 4) is 11.5 Å². The molecule has 0 fully saturated rings. The first-order chi connectivity index (χ1) is 16.0. The Morgan fingerprint density at radius 3 is 2.76 bits per heavy atom. The molecule has 0 aliphatic carbocycles. The molecule has 1 aliphatic heterocycles. The van der Waals surface area contributed by atoms with Crippen LogP contribution in [0.25, 0.3) is 10.2 Å². The number of nitrogens with zero attached hydrogens (tertiary/aromatic N) is 4. The smallest absolute Gasteiger partial charge is 0.433 e. The van der Waals surface area contributed by atoms with Gasteiger partial charge in [-0.2, -0.15) is 10.1 Å². The maximum absolute atomic E-state index is 13.5. The maximum atomic E-state index is 13.5. The summed E-state index contributed by atoms with van der Waals surface area (Å²) in [6.45, 7) is 2.80. The molecule has 4 aromatic rings. The van der Waals surface area contributed by atoms with Gasteiger partial charge in [0.25, 0.3) is 5.91 Å². The van der Waals surface area contributed by atoms with Crippen molar-refractivity contribution in [3.05, 3.63) is 75.5 Å². The summed E-state index contributed by atoms with van der Waals surface area (Å²) in [6, 6.07) is 13.3. The second-order valence-corrected chi connectivity index (χ2v) is 8.13. The van der Waals surface area contributed by atoms with E-state index in [2.05, 4.69) is 10.1 Å². The van der Waals surface area contributed by atoms with Gasteiger partial charge in [0.05, 0.1) is 22.5 Å². The molecule has 0 saturated carbocycles. The van der Waals surface area contributed by atoms with Gasteiger partial charge in [0.2, 0.25) is 5.13 Å². The lowest BCUT2D eigenvalue weighted by Gasteiger charge is -2.19. The lowest BCUT2D eigenvalue weighted by Crippen LogP contribution is -2.26. The number of ether oxygens (including phenoxy) is 2. The Balaban J connectivity index is 1.54. The van der Waals surface area contributed by atoms with Crippen LogP contribution >= 0.6 is 11.3 Å². The number of carbonyl (C=O) groups excluding carboxylic acids is 1. The van der Waals surface area contributed by atoms with Crippen LogP contribution in [0.15, 0.2) is 58.0 Å². The van der Waals surface area contributed by atoms with Crippen LogP contribution < -0.4 is 14.5 Å². The number of carbonyl (C=O) groups is 1.